The highest BCUT2D eigenvalue weighted by molar-refractivity contribution is 6.31. The van der Waals surface area contributed by atoms with Gasteiger partial charge in [0.15, 0.2) is 0 Å². The summed E-state index contributed by atoms with van der Waals surface area (Å²) >= 11 is 5.89. The highest BCUT2D eigenvalue weighted by Crippen LogP contribution is 2.22. The first-order valence-corrected chi connectivity index (χ1v) is 6.28. The minimum absolute atomic E-state index is 0.0618. The maximum absolute atomic E-state index is 12.0. The van der Waals surface area contributed by atoms with Crippen molar-refractivity contribution in [2.75, 3.05) is 32.5 Å². The Labute approximate surface area is 123 Å². The van der Waals surface area contributed by atoms with E-state index in [9.17, 15) is 9.59 Å². The third-order valence-electron chi connectivity index (χ3n) is 2.40. The number of rotatable bonds is 5. The normalized spacial score (nSPS) is 9.70. The van der Waals surface area contributed by atoms with Crippen LogP contribution in [0.15, 0.2) is 18.2 Å². The van der Waals surface area contributed by atoms with E-state index < -0.39 is 0 Å². The van der Waals surface area contributed by atoms with Gasteiger partial charge in [0.1, 0.15) is 0 Å². The number of terminal acetylenes is 1. The number of anilines is 1. The van der Waals surface area contributed by atoms with Crippen LogP contribution in [0.3, 0.4) is 0 Å². The van der Waals surface area contributed by atoms with Crippen molar-refractivity contribution in [3.05, 3.63) is 28.8 Å². The zero-order chi connectivity index (χ0) is 15.1. The molecule has 5 nitrogen and oxygen atoms in total. The summed E-state index contributed by atoms with van der Waals surface area (Å²) in [6.45, 7) is 0.360. The standard InChI is InChI=1S/C14H16ClN3O2/c1-4-7-16-9-13(19)17-12-8-10(15)5-6-11(12)14(20)18(2)3/h1,5-6,8,16H,7,9H2,2-3H3,(H,17,19). The van der Waals surface area contributed by atoms with E-state index in [4.69, 9.17) is 18.0 Å². The number of halogens is 1. The molecule has 0 unspecified atom stereocenters. The predicted molar refractivity (Wildman–Crippen MR) is 79.8 cm³/mol. The van der Waals surface area contributed by atoms with Crippen molar-refractivity contribution in [1.82, 2.24) is 10.2 Å². The van der Waals surface area contributed by atoms with Crippen LogP contribution in [0.1, 0.15) is 10.4 Å². The van der Waals surface area contributed by atoms with Gasteiger partial charge in [0.2, 0.25) is 5.91 Å². The molecular formula is C14H16ClN3O2. The molecule has 2 N–H and O–H groups in total. The van der Waals surface area contributed by atoms with Gasteiger partial charge in [-0.05, 0) is 18.2 Å². The molecule has 0 atom stereocenters. The highest BCUT2D eigenvalue weighted by atomic mass is 35.5. The van der Waals surface area contributed by atoms with E-state index in [2.05, 4.69) is 16.6 Å². The Balaban J connectivity index is 2.88. The number of carbonyl (C=O) groups is 2. The second-order valence-electron chi connectivity index (χ2n) is 4.25. The lowest BCUT2D eigenvalue weighted by molar-refractivity contribution is -0.115. The van der Waals surface area contributed by atoms with Gasteiger partial charge in [-0.15, -0.1) is 6.42 Å². The van der Waals surface area contributed by atoms with Crippen LogP contribution in [0, 0.1) is 12.3 Å². The number of nitrogens with one attached hydrogen (secondary N) is 2. The topological polar surface area (TPSA) is 61.4 Å². The van der Waals surface area contributed by atoms with Gasteiger partial charge in [-0.1, -0.05) is 17.5 Å². The maximum Gasteiger partial charge on any atom is 0.255 e. The first-order valence-electron chi connectivity index (χ1n) is 5.91. The van der Waals surface area contributed by atoms with Crippen LogP contribution < -0.4 is 10.6 Å². The van der Waals surface area contributed by atoms with Gasteiger partial charge >= 0.3 is 0 Å². The van der Waals surface area contributed by atoms with Crippen molar-refractivity contribution >= 4 is 29.1 Å². The summed E-state index contributed by atoms with van der Waals surface area (Å²) in [6.07, 6.45) is 5.07. The van der Waals surface area contributed by atoms with Crippen LogP contribution in [-0.4, -0.2) is 43.9 Å². The van der Waals surface area contributed by atoms with E-state index in [1.807, 2.05) is 0 Å². The van der Waals surface area contributed by atoms with Gasteiger partial charge < -0.3 is 10.2 Å². The molecule has 2 amide bonds. The van der Waals surface area contributed by atoms with Gasteiger partial charge in [-0.3, -0.25) is 14.9 Å². The van der Waals surface area contributed by atoms with E-state index in [1.165, 1.54) is 11.0 Å². The molecule has 0 aliphatic carbocycles. The maximum atomic E-state index is 12.0. The third kappa shape index (κ3) is 4.57. The summed E-state index contributed by atoms with van der Waals surface area (Å²) in [5.41, 5.74) is 0.758. The van der Waals surface area contributed by atoms with Gasteiger partial charge in [-0.25, -0.2) is 0 Å². The number of carbonyl (C=O) groups excluding carboxylic acids is 2. The van der Waals surface area contributed by atoms with Gasteiger partial charge in [0.05, 0.1) is 24.3 Å². The summed E-state index contributed by atoms with van der Waals surface area (Å²) < 4.78 is 0. The fourth-order valence-electron chi connectivity index (χ4n) is 1.49. The molecule has 0 fully saturated rings. The summed E-state index contributed by atoms with van der Waals surface area (Å²) in [5.74, 6) is 1.86. The lowest BCUT2D eigenvalue weighted by Gasteiger charge is -2.15. The number of amides is 2. The summed E-state index contributed by atoms with van der Waals surface area (Å²) in [5, 5.41) is 5.85. The van der Waals surface area contributed by atoms with E-state index in [0.717, 1.165) is 0 Å². The monoisotopic (exact) mass is 293 g/mol. The smallest absolute Gasteiger partial charge is 0.255 e. The molecule has 0 aliphatic heterocycles. The lowest BCUT2D eigenvalue weighted by Crippen LogP contribution is -2.30. The van der Waals surface area contributed by atoms with Crippen molar-refractivity contribution in [2.24, 2.45) is 0 Å². The predicted octanol–water partition coefficient (Wildman–Crippen LogP) is 1.20. The van der Waals surface area contributed by atoms with Crippen molar-refractivity contribution < 1.29 is 9.59 Å². The Morgan fingerprint density at radius 3 is 2.70 bits per heavy atom. The lowest BCUT2D eigenvalue weighted by atomic mass is 10.1. The largest absolute Gasteiger partial charge is 0.345 e. The molecule has 0 radical (unpaired) electrons. The van der Waals surface area contributed by atoms with Crippen molar-refractivity contribution in [3.8, 4) is 12.3 Å². The molecule has 1 rings (SSSR count). The van der Waals surface area contributed by atoms with Gasteiger partial charge in [0.25, 0.3) is 5.91 Å². The van der Waals surface area contributed by atoms with Crippen molar-refractivity contribution in [1.29, 1.82) is 0 Å². The molecule has 0 aliphatic rings. The van der Waals surface area contributed by atoms with Crippen LogP contribution in [0.25, 0.3) is 0 Å². The van der Waals surface area contributed by atoms with Crippen molar-refractivity contribution in [2.45, 2.75) is 0 Å². The molecule has 20 heavy (non-hydrogen) atoms. The molecular weight excluding hydrogens is 278 g/mol. The Morgan fingerprint density at radius 1 is 1.40 bits per heavy atom. The van der Waals surface area contributed by atoms with E-state index in [-0.39, 0.29) is 18.4 Å². The first kappa shape index (κ1) is 16.0. The number of benzene rings is 1. The first-order chi connectivity index (χ1) is 9.45. The second kappa shape index (κ2) is 7.53. The molecule has 0 spiro atoms. The fourth-order valence-corrected chi connectivity index (χ4v) is 1.66. The molecule has 0 saturated carbocycles. The van der Waals surface area contributed by atoms with Crippen LogP contribution in [0.5, 0.6) is 0 Å². The summed E-state index contributed by atoms with van der Waals surface area (Å²) in [4.78, 5) is 25.2. The average molecular weight is 294 g/mol. The van der Waals surface area contributed by atoms with E-state index in [1.54, 1.807) is 26.2 Å². The minimum atomic E-state index is -0.296. The zero-order valence-electron chi connectivity index (χ0n) is 11.4. The van der Waals surface area contributed by atoms with E-state index >= 15 is 0 Å². The molecule has 1 aromatic rings. The molecule has 0 saturated heterocycles. The number of hydrogen-bond donors (Lipinski definition) is 2. The third-order valence-corrected chi connectivity index (χ3v) is 2.64. The molecule has 106 valence electrons. The van der Waals surface area contributed by atoms with Gasteiger partial charge in [-0.2, -0.15) is 0 Å². The minimum Gasteiger partial charge on any atom is -0.345 e. The van der Waals surface area contributed by atoms with Crippen LogP contribution in [0.4, 0.5) is 5.69 Å². The Hall–Kier alpha value is -2.03. The molecule has 0 heterocycles. The van der Waals surface area contributed by atoms with Crippen LogP contribution in [0.2, 0.25) is 5.02 Å². The molecule has 1 aromatic carbocycles. The van der Waals surface area contributed by atoms with Gasteiger partial charge in [0, 0.05) is 19.1 Å². The summed E-state index contributed by atoms with van der Waals surface area (Å²) in [6, 6.07) is 4.72. The Bertz CT molecular complexity index is 550. The summed E-state index contributed by atoms with van der Waals surface area (Å²) in [7, 11) is 3.27. The molecule has 0 bridgehead atoms. The highest BCUT2D eigenvalue weighted by Gasteiger charge is 2.15. The van der Waals surface area contributed by atoms with Crippen molar-refractivity contribution in [3.63, 3.8) is 0 Å². The fraction of sp³-hybridized carbons (Fsp3) is 0.286. The quantitative estimate of drug-likeness (QED) is 0.633. The van der Waals surface area contributed by atoms with Crippen LogP contribution >= 0.6 is 11.6 Å². The van der Waals surface area contributed by atoms with Crippen LogP contribution in [-0.2, 0) is 4.79 Å². The van der Waals surface area contributed by atoms with E-state index in [0.29, 0.717) is 22.8 Å². The molecule has 6 heteroatoms. The number of hydrogen-bond acceptors (Lipinski definition) is 3. The zero-order valence-corrected chi connectivity index (χ0v) is 12.1. The number of nitrogens with zero attached hydrogens (tertiary/aromatic N) is 1. The Morgan fingerprint density at radius 2 is 2.10 bits per heavy atom. The average Bonchev–Trinajstić information content (AvgIpc) is 2.38. The molecule has 0 aromatic heterocycles. The second-order valence-corrected chi connectivity index (χ2v) is 4.68. The SMILES string of the molecule is C#CCNCC(=O)Nc1cc(Cl)ccc1C(=O)N(C)C. The Kier molecular flexibility index (Phi) is 6.04.